The summed E-state index contributed by atoms with van der Waals surface area (Å²) >= 11 is 6.37. The largest absolute Gasteiger partial charge is 0.383 e. The van der Waals surface area contributed by atoms with E-state index in [0.29, 0.717) is 5.56 Å². The standard InChI is InChI=1S/C23H22NOPS/c1-24(2)18-17-22(25)21-15-9-10-16-23(21)26(27,19-11-5-3-6-12-19)20-13-7-4-8-14-20/h3-18H,1-2H3/b18-17+. The summed E-state index contributed by atoms with van der Waals surface area (Å²) in [6.07, 6.45) is 3.38. The van der Waals surface area contributed by atoms with Crippen LogP contribution in [0.2, 0.25) is 0 Å². The molecule has 2 nitrogen and oxygen atoms in total. The second-order valence-electron chi connectivity index (χ2n) is 6.44. The van der Waals surface area contributed by atoms with Crippen LogP contribution < -0.4 is 15.9 Å². The molecule has 0 N–H and O–H groups in total. The van der Waals surface area contributed by atoms with E-state index in [1.807, 2.05) is 79.7 Å². The molecule has 0 atom stereocenters. The Bertz CT molecular complexity index is 954. The van der Waals surface area contributed by atoms with E-state index in [-0.39, 0.29) is 5.78 Å². The normalized spacial score (nSPS) is 11.5. The zero-order valence-electron chi connectivity index (χ0n) is 15.4. The first-order chi connectivity index (χ1) is 13.0. The van der Waals surface area contributed by atoms with Crippen molar-refractivity contribution in [3.8, 4) is 0 Å². The van der Waals surface area contributed by atoms with Crippen molar-refractivity contribution in [2.45, 2.75) is 0 Å². The fraction of sp³-hybridized carbons (Fsp3) is 0.0870. The Morgan fingerprint density at radius 2 is 1.30 bits per heavy atom. The maximum Gasteiger partial charge on any atom is 0.187 e. The van der Waals surface area contributed by atoms with Gasteiger partial charge < -0.3 is 4.90 Å². The number of nitrogens with zero attached hydrogens (tertiary/aromatic N) is 1. The van der Waals surface area contributed by atoms with Crippen molar-refractivity contribution in [2.24, 2.45) is 0 Å². The number of hydrogen-bond donors (Lipinski definition) is 0. The van der Waals surface area contributed by atoms with Gasteiger partial charge in [-0.05, 0) is 10.6 Å². The first-order valence-electron chi connectivity index (χ1n) is 8.73. The fourth-order valence-corrected chi connectivity index (χ4v) is 7.03. The summed E-state index contributed by atoms with van der Waals surface area (Å²) in [6, 6.07) is 25.7. The van der Waals surface area contributed by atoms with E-state index < -0.39 is 6.04 Å². The Balaban J connectivity index is 2.24. The van der Waals surface area contributed by atoms with Crippen molar-refractivity contribution in [1.82, 2.24) is 4.90 Å². The lowest BCUT2D eigenvalue weighted by Gasteiger charge is -2.25. The second kappa shape index (κ2) is 8.47. The van der Waals surface area contributed by atoms with Crippen molar-refractivity contribution in [2.75, 3.05) is 14.1 Å². The van der Waals surface area contributed by atoms with Crippen molar-refractivity contribution in [3.63, 3.8) is 0 Å². The van der Waals surface area contributed by atoms with Crippen molar-refractivity contribution >= 4 is 39.5 Å². The Kier molecular flexibility index (Phi) is 6.05. The van der Waals surface area contributed by atoms with E-state index >= 15 is 0 Å². The molecule has 136 valence electrons. The van der Waals surface area contributed by atoms with Crippen LogP contribution in [0.3, 0.4) is 0 Å². The number of benzene rings is 3. The van der Waals surface area contributed by atoms with Gasteiger partial charge in [0.2, 0.25) is 0 Å². The number of allylic oxidation sites excluding steroid dienone is 1. The second-order valence-corrected chi connectivity index (χ2v) is 10.8. The average molecular weight is 391 g/mol. The molecule has 0 radical (unpaired) electrons. The molecule has 0 aromatic heterocycles. The Morgan fingerprint density at radius 1 is 0.815 bits per heavy atom. The third-order valence-electron chi connectivity index (χ3n) is 4.27. The highest BCUT2D eigenvalue weighted by molar-refractivity contribution is 8.25. The molecule has 0 spiro atoms. The molecular weight excluding hydrogens is 369 g/mol. The van der Waals surface area contributed by atoms with Crippen LogP contribution in [0.25, 0.3) is 0 Å². The molecule has 3 rings (SSSR count). The lowest BCUT2D eigenvalue weighted by Crippen LogP contribution is -2.28. The molecule has 0 saturated heterocycles. The summed E-state index contributed by atoms with van der Waals surface area (Å²) in [4.78, 5) is 14.8. The zero-order valence-corrected chi connectivity index (χ0v) is 17.2. The summed E-state index contributed by atoms with van der Waals surface area (Å²) < 4.78 is 0. The van der Waals surface area contributed by atoms with Gasteiger partial charge in [0.15, 0.2) is 5.78 Å². The highest BCUT2D eigenvalue weighted by atomic mass is 32.4. The zero-order chi connectivity index (χ0) is 19.3. The van der Waals surface area contributed by atoms with Gasteiger partial charge in [-0.2, -0.15) is 0 Å². The number of rotatable bonds is 6. The van der Waals surface area contributed by atoms with Gasteiger partial charge in [-0.25, -0.2) is 0 Å². The molecule has 0 aliphatic rings. The van der Waals surface area contributed by atoms with Gasteiger partial charge in [0.25, 0.3) is 0 Å². The topological polar surface area (TPSA) is 20.3 Å². The van der Waals surface area contributed by atoms with Crippen LogP contribution in [0.15, 0.2) is 97.2 Å². The van der Waals surface area contributed by atoms with E-state index in [1.54, 1.807) is 12.3 Å². The molecular formula is C23H22NOPS. The molecule has 3 aromatic rings. The van der Waals surface area contributed by atoms with Gasteiger partial charge in [-0.15, -0.1) is 0 Å². The Labute approximate surface area is 166 Å². The van der Waals surface area contributed by atoms with Crippen LogP contribution in [0, 0.1) is 0 Å². The van der Waals surface area contributed by atoms with E-state index in [0.717, 1.165) is 15.9 Å². The maximum atomic E-state index is 12.9. The first kappa shape index (κ1) is 19.3. The lowest BCUT2D eigenvalue weighted by molar-refractivity contribution is 0.104. The molecule has 0 aliphatic carbocycles. The monoisotopic (exact) mass is 391 g/mol. The number of carbonyl (C=O) groups is 1. The maximum absolute atomic E-state index is 12.9. The van der Waals surface area contributed by atoms with Crippen LogP contribution in [0.4, 0.5) is 0 Å². The molecule has 0 bridgehead atoms. The van der Waals surface area contributed by atoms with Gasteiger partial charge >= 0.3 is 0 Å². The quantitative estimate of drug-likeness (QED) is 0.363. The predicted molar refractivity (Wildman–Crippen MR) is 120 cm³/mol. The molecule has 27 heavy (non-hydrogen) atoms. The predicted octanol–water partition coefficient (Wildman–Crippen LogP) is 3.70. The highest BCUT2D eigenvalue weighted by Gasteiger charge is 2.28. The summed E-state index contributed by atoms with van der Waals surface area (Å²) in [5.74, 6) is -0.0274. The van der Waals surface area contributed by atoms with Crippen molar-refractivity contribution in [1.29, 1.82) is 0 Å². The minimum Gasteiger partial charge on any atom is -0.383 e. The highest BCUT2D eigenvalue weighted by Crippen LogP contribution is 2.43. The summed E-state index contributed by atoms with van der Waals surface area (Å²) in [5, 5.41) is 3.11. The summed E-state index contributed by atoms with van der Waals surface area (Å²) in [7, 11) is 3.79. The van der Waals surface area contributed by atoms with Gasteiger partial charge in [0.1, 0.15) is 0 Å². The van der Waals surface area contributed by atoms with E-state index in [4.69, 9.17) is 11.8 Å². The number of ketones is 1. The molecule has 0 amide bonds. The van der Waals surface area contributed by atoms with Crippen LogP contribution in [0.5, 0.6) is 0 Å². The Hall–Kier alpha value is -2.48. The minimum absolute atomic E-state index is 0.0274. The molecule has 0 heterocycles. The summed E-state index contributed by atoms with van der Waals surface area (Å²) in [5.41, 5.74) is 0.673. The average Bonchev–Trinajstić information content (AvgIpc) is 2.72. The third-order valence-corrected chi connectivity index (χ3v) is 9.25. The Morgan fingerprint density at radius 3 is 1.81 bits per heavy atom. The third kappa shape index (κ3) is 4.10. The smallest absolute Gasteiger partial charge is 0.187 e. The fourth-order valence-electron chi connectivity index (χ4n) is 2.97. The van der Waals surface area contributed by atoms with Gasteiger partial charge in [0, 0.05) is 43.3 Å². The van der Waals surface area contributed by atoms with Gasteiger partial charge in [-0.1, -0.05) is 96.7 Å². The first-order valence-corrected chi connectivity index (χ1v) is 11.5. The SMILES string of the molecule is CN(C)/C=C/C(=O)c1ccccc1P(=S)(c1ccccc1)c1ccccc1. The summed E-state index contributed by atoms with van der Waals surface area (Å²) in [6.45, 7) is 0. The van der Waals surface area contributed by atoms with Crippen LogP contribution in [-0.4, -0.2) is 24.8 Å². The van der Waals surface area contributed by atoms with Gasteiger partial charge in [0.05, 0.1) is 0 Å². The van der Waals surface area contributed by atoms with Gasteiger partial charge in [-0.3, -0.25) is 4.79 Å². The van der Waals surface area contributed by atoms with Crippen LogP contribution in [0.1, 0.15) is 10.4 Å². The van der Waals surface area contributed by atoms with E-state index in [2.05, 4.69) is 24.3 Å². The molecule has 0 fully saturated rings. The van der Waals surface area contributed by atoms with Crippen LogP contribution >= 0.6 is 6.04 Å². The van der Waals surface area contributed by atoms with Crippen molar-refractivity contribution in [3.05, 3.63) is 103 Å². The van der Waals surface area contributed by atoms with E-state index in [9.17, 15) is 4.79 Å². The molecule has 0 saturated carbocycles. The number of carbonyl (C=O) groups excluding carboxylic acids is 1. The minimum atomic E-state index is -2.35. The number of hydrogen-bond acceptors (Lipinski definition) is 3. The van der Waals surface area contributed by atoms with Crippen LogP contribution in [-0.2, 0) is 11.8 Å². The molecule has 3 aromatic carbocycles. The molecule has 0 aliphatic heterocycles. The van der Waals surface area contributed by atoms with Crippen molar-refractivity contribution < 1.29 is 4.79 Å². The van der Waals surface area contributed by atoms with E-state index in [1.165, 1.54) is 0 Å². The molecule has 4 heteroatoms. The lowest BCUT2D eigenvalue weighted by atomic mass is 10.1. The molecule has 0 unspecified atom stereocenters.